The molecule has 0 aliphatic rings. The Hall–Kier alpha value is -0.291. The van der Waals surface area contributed by atoms with E-state index in [1.54, 1.807) is 9.09 Å². The van der Waals surface area contributed by atoms with Crippen molar-refractivity contribution in [3.63, 3.8) is 0 Å². The number of H-pyrrole nitrogens is 1. The second-order valence-electron chi connectivity index (χ2n) is 6.79. The quantitative estimate of drug-likeness (QED) is 0.477. The Morgan fingerprint density at radius 1 is 1.00 bits per heavy atom. The zero-order valence-electron chi connectivity index (χ0n) is 14.9. The minimum absolute atomic E-state index is 0.0976. The molecular weight excluding hydrogens is 409 g/mol. The molecule has 0 saturated carbocycles. The van der Waals surface area contributed by atoms with E-state index in [1.165, 1.54) is 57.2 Å². The van der Waals surface area contributed by atoms with Crippen LogP contribution in [0, 0.1) is 0 Å². The fraction of sp³-hybridized carbons (Fsp3) is 0.632. The van der Waals surface area contributed by atoms with Gasteiger partial charge in [0.05, 0.1) is 0 Å². The molecule has 0 fully saturated rings. The van der Waals surface area contributed by atoms with Gasteiger partial charge >= 0.3 is 149 Å². The maximum atomic E-state index is 12.1. The summed E-state index contributed by atoms with van der Waals surface area (Å²) in [5, 5.41) is 1.17. The molecule has 23 heavy (non-hydrogen) atoms. The number of thiophene rings is 1. The van der Waals surface area contributed by atoms with Crippen LogP contribution in [0.5, 0.6) is 0 Å². The molecule has 0 atom stereocenters. The molecule has 0 radical (unpaired) electrons. The monoisotopic (exact) mass is 441 g/mol. The first-order chi connectivity index (χ1) is 11.2. The summed E-state index contributed by atoms with van der Waals surface area (Å²) in [6.07, 6.45) is 9.78. The van der Waals surface area contributed by atoms with Crippen molar-refractivity contribution >= 4 is 42.7 Å². The van der Waals surface area contributed by atoms with Crippen LogP contribution in [0.4, 0.5) is 0 Å². The Bertz CT molecular complexity index is 639. The van der Waals surface area contributed by atoms with E-state index in [2.05, 4.69) is 37.9 Å². The van der Waals surface area contributed by atoms with E-state index in [0.29, 0.717) is 0 Å². The van der Waals surface area contributed by atoms with Gasteiger partial charge in [0, 0.05) is 0 Å². The van der Waals surface area contributed by atoms with Gasteiger partial charge < -0.3 is 0 Å². The van der Waals surface area contributed by atoms with Crippen LogP contribution in [0.3, 0.4) is 0 Å². The predicted molar refractivity (Wildman–Crippen MR) is 107 cm³/mol. The zero-order chi connectivity index (χ0) is 16.7. The third kappa shape index (κ3) is 4.62. The molecule has 2 aromatic heterocycles. The summed E-state index contributed by atoms with van der Waals surface area (Å²) in [5.41, 5.74) is 0.0976. The van der Waals surface area contributed by atoms with Crippen molar-refractivity contribution in [1.82, 2.24) is 4.98 Å². The molecule has 2 aromatic rings. The van der Waals surface area contributed by atoms with Crippen LogP contribution in [-0.4, -0.2) is 23.4 Å². The molecule has 0 aromatic carbocycles. The second kappa shape index (κ2) is 9.26. The molecule has 128 valence electrons. The molecule has 0 unspecified atom stereocenters. The number of nitrogens with one attached hydrogen (secondary N) is 1. The summed E-state index contributed by atoms with van der Waals surface area (Å²) in [6.45, 7) is 6.93. The van der Waals surface area contributed by atoms with Crippen LogP contribution < -0.4 is 8.45 Å². The van der Waals surface area contributed by atoms with Crippen molar-refractivity contribution in [2.75, 3.05) is 0 Å². The van der Waals surface area contributed by atoms with Gasteiger partial charge in [-0.25, -0.2) is 0 Å². The maximum absolute atomic E-state index is 12.1. The zero-order valence-corrected chi connectivity index (χ0v) is 18.6. The van der Waals surface area contributed by atoms with Gasteiger partial charge in [-0.3, -0.25) is 0 Å². The number of hydrogen-bond acceptors (Lipinski definition) is 2. The Morgan fingerprint density at radius 2 is 1.57 bits per heavy atom. The summed E-state index contributed by atoms with van der Waals surface area (Å²) >= 11 is -0.539. The van der Waals surface area contributed by atoms with Gasteiger partial charge in [0.25, 0.3) is 0 Å². The van der Waals surface area contributed by atoms with Gasteiger partial charge in [-0.1, -0.05) is 0 Å². The van der Waals surface area contributed by atoms with E-state index in [1.807, 2.05) is 11.3 Å². The fourth-order valence-corrected chi connectivity index (χ4v) is 23.7. The van der Waals surface area contributed by atoms with Crippen LogP contribution in [0.2, 0.25) is 13.3 Å². The molecule has 2 rings (SSSR count). The Morgan fingerprint density at radius 3 is 2.04 bits per heavy atom. The molecule has 2 heterocycles. The van der Waals surface area contributed by atoms with Gasteiger partial charge in [-0.15, -0.1) is 0 Å². The van der Waals surface area contributed by atoms with E-state index in [9.17, 15) is 4.79 Å². The average Bonchev–Trinajstić information content (AvgIpc) is 3.01. The molecule has 0 saturated heterocycles. The molecule has 0 spiro atoms. The summed E-state index contributed by atoms with van der Waals surface area (Å²) in [6, 6.07) is 4.47. The first-order valence-corrected chi connectivity index (χ1v) is 17.6. The van der Waals surface area contributed by atoms with E-state index < -0.39 is 18.4 Å². The average molecular weight is 440 g/mol. The summed E-state index contributed by atoms with van der Waals surface area (Å²) in [4.78, 5) is 15.0. The van der Waals surface area contributed by atoms with Gasteiger partial charge in [-0.2, -0.15) is 0 Å². The number of pyridine rings is 1. The standard InChI is InChI=1S/C7H4NOS.3C4H9.Sn/c9-7-6-5(1-3-8-7)2-4-10-6;3*1-3-4-2;/h1-3H,(H,8,9);3*1,3-4H2,2H3;. The number of aromatic amines is 1. The van der Waals surface area contributed by atoms with Crippen molar-refractivity contribution in [1.29, 1.82) is 0 Å². The molecule has 0 amide bonds. The normalized spacial score (nSPS) is 12.1. The van der Waals surface area contributed by atoms with Gasteiger partial charge in [0.2, 0.25) is 0 Å². The first-order valence-electron chi connectivity index (χ1n) is 9.28. The van der Waals surface area contributed by atoms with Gasteiger partial charge in [0.1, 0.15) is 0 Å². The van der Waals surface area contributed by atoms with Crippen LogP contribution >= 0.6 is 11.3 Å². The minimum atomic E-state index is -2.37. The molecule has 0 aliphatic heterocycles. The second-order valence-corrected chi connectivity index (χ2v) is 22.0. The molecule has 4 heteroatoms. The molecular formula is C19H31NOSSn. The number of fused-ring (bicyclic) bond motifs is 1. The number of aromatic nitrogens is 1. The van der Waals surface area contributed by atoms with Gasteiger partial charge in [-0.05, 0) is 0 Å². The van der Waals surface area contributed by atoms with Crippen molar-refractivity contribution in [3.8, 4) is 0 Å². The van der Waals surface area contributed by atoms with E-state index in [-0.39, 0.29) is 5.56 Å². The van der Waals surface area contributed by atoms with Crippen molar-refractivity contribution in [3.05, 3.63) is 28.7 Å². The Balaban J connectivity index is 2.46. The molecule has 0 aliphatic carbocycles. The third-order valence-electron chi connectivity index (χ3n) is 4.99. The van der Waals surface area contributed by atoms with Gasteiger partial charge in [0.15, 0.2) is 0 Å². The van der Waals surface area contributed by atoms with Crippen molar-refractivity contribution in [2.24, 2.45) is 0 Å². The summed E-state index contributed by atoms with van der Waals surface area (Å²) in [7, 11) is 0. The molecule has 1 N–H and O–H groups in total. The fourth-order valence-electron chi connectivity index (χ4n) is 3.53. The van der Waals surface area contributed by atoms with Crippen LogP contribution in [0.25, 0.3) is 10.1 Å². The van der Waals surface area contributed by atoms with Crippen LogP contribution in [0.15, 0.2) is 23.1 Å². The third-order valence-corrected chi connectivity index (χ3v) is 24.4. The van der Waals surface area contributed by atoms with Crippen LogP contribution in [-0.2, 0) is 0 Å². The topological polar surface area (TPSA) is 32.9 Å². The van der Waals surface area contributed by atoms with Crippen molar-refractivity contribution < 1.29 is 0 Å². The van der Waals surface area contributed by atoms with Crippen LogP contribution in [0.1, 0.15) is 59.3 Å². The SMILES string of the molecule is CCC[CH2][Sn]([CH2]CCC)([CH2]CCC)[c]1cc2cc[nH]c(=O)c2s1. The Labute approximate surface area is 148 Å². The number of rotatable bonds is 10. The number of unbranched alkanes of at least 4 members (excludes halogenated alkanes) is 3. The van der Waals surface area contributed by atoms with Crippen molar-refractivity contribution in [2.45, 2.75) is 72.6 Å². The molecule has 0 bridgehead atoms. The number of hydrogen-bond donors (Lipinski definition) is 1. The van der Waals surface area contributed by atoms with E-state index in [4.69, 9.17) is 0 Å². The summed E-state index contributed by atoms with van der Waals surface area (Å²) < 4.78 is 7.01. The van der Waals surface area contributed by atoms with E-state index >= 15 is 0 Å². The Kier molecular flexibility index (Phi) is 7.66. The van der Waals surface area contributed by atoms with E-state index in [0.717, 1.165) is 4.70 Å². The molecule has 2 nitrogen and oxygen atoms in total. The first kappa shape index (κ1) is 19.0. The summed E-state index contributed by atoms with van der Waals surface area (Å²) in [5.74, 6) is 0. The predicted octanol–water partition coefficient (Wildman–Crippen LogP) is 5.65.